The number of rotatable bonds is 5. The standard InChI is InChI=1S/C12H20N2O2/c1-5-14-10(7-8-13-14)11(9(3)4)12(15)16-6-2/h7-9,11H,5-6H2,1-4H3. The van der Waals surface area contributed by atoms with Gasteiger partial charge in [-0.3, -0.25) is 9.48 Å². The Hall–Kier alpha value is -1.32. The van der Waals surface area contributed by atoms with Gasteiger partial charge in [0.15, 0.2) is 0 Å². The van der Waals surface area contributed by atoms with Crippen LogP contribution in [0.2, 0.25) is 0 Å². The Bertz CT molecular complexity index is 345. The Morgan fingerprint density at radius 2 is 2.19 bits per heavy atom. The van der Waals surface area contributed by atoms with Crippen LogP contribution in [0.15, 0.2) is 12.3 Å². The fourth-order valence-corrected chi connectivity index (χ4v) is 1.84. The number of nitrogens with zero attached hydrogens (tertiary/aromatic N) is 2. The molecule has 0 spiro atoms. The summed E-state index contributed by atoms with van der Waals surface area (Å²) in [4.78, 5) is 11.9. The third kappa shape index (κ3) is 2.62. The zero-order chi connectivity index (χ0) is 12.1. The lowest BCUT2D eigenvalue weighted by molar-refractivity contribution is -0.146. The van der Waals surface area contributed by atoms with Crippen LogP contribution in [-0.4, -0.2) is 22.4 Å². The van der Waals surface area contributed by atoms with E-state index in [1.54, 1.807) is 6.20 Å². The van der Waals surface area contributed by atoms with Crippen molar-refractivity contribution in [3.05, 3.63) is 18.0 Å². The van der Waals surface area contributed by atoms with Gasteiger partial charge < -0.3 is 4.74 Å². The van der Waals surface area contributed by atoms with Crippen LogP contribution < -0.4 is 0 Å². The summed E-state index contributed by atoms with van der Waals surface area (Å²) in [5, 5.41) is 4.19. The molecule has 4 heteroatoms. The van der Waals surface area contributed by atoms with Crippen molar-refractivity contribution in [1.29, 1.82) is 0 Å². The van der Waals surface area contributed by atoms with Crippen molar-refractivity contribution in [2.45, 2.75) is 40.2 Å². The van der Waals surface area contributed by atoms with Gasteiger partial charge in [-0.2, -0.15) is 5.10 Å². The minimum atomic E-state index is -0.220. The average molecular weight is 224 g/mol. The molecular formula is C12H20N2O2. The molecule has 0 radical (unpaired) electrons. The van der Waals surface area contributed by atoms with E-state index < -0.39 is 0 Å². The minimum Gasteiger partial charge on any atom is -0.465 e. The van der Waals surface area contributed by atoms with Gasteiger partial charge in [0, 0.05) is 12.7 Å². The first kappa shape index (κ1) is 12.7. The third-order valence-electron chi connectivity index (χ3n) is 2.57. The first-order valence-electron chi connectivity index (χ1n) is 5.80. The van der Waals surface area contributed by atoms with E-state index in [1.165, 1.54) is 0 Å². The van der Waals surface area contributed by atoms with Crippen molar-refractivity contribution in [2.24, 2.45) is 5.92 Å². The van der Waals surface area contributed by atoms with E-state index in [9.17, 15) is 4.79 Å². The largest absolute Gasteiger partial charge is 0.465 e. The van der Waals surface area contributed by atoms with Crippen molar-refractivity contribution in [3.8, 4) is 0 Å². The number of hydrogen-bond acceptors (Lipinski definition) is 3. The van der Waals surface area contributed by atoms with Crippen LogP contribution in [0.25, 0.3) is 0 Å². The lowest BCUT2D eigenvalue weighted by atomic mass is 9.92. The van der Waals surface area contributed by atoms with Crippen molar-refractivity contribution < 1.29 is 9.53 Å². The highest BCUT2D eigenvalue weighted by Crippen LogP contribution is 2.25. The highest BCUT2D eigenvalue weighted by molar-refractivity contribution is 5.77. The van der Waals surface area contributed by atoms with E-state index in [1.807, 2.05) is 38.4 Å². The molecule has 1 aromatic rings. The van der Waals surface area contributed by atoms with E-state index >= 15 is 0 Å². The highest BCUT2D eigenvalue weighted by atomic mass is 16.5. The second-order valence-corrected chi connectivity index (χ2v) is 4.05. The fourth-order valence-electron chi connectivity index (χ4n) is 1.84. The molecule has 0 amide bonds. The van der Waals surface area contributed by atoms with Crippen LogP contribution in [-0.2, 0) is 16.1 Å². The van der Waals surface area contributed by atoms with Crippen molar-refractivity contribution in [2.75, 3.05) is 6.61 Å². The number of aromatic nitrogens is 2. The first-order chi connectivity index (χ1) is 7.61. The Morgan fingerprint density at radius 1 is 1.50 bits per heavy atom. The number of carbonyl (C=O) groups excluding carboxylic acids is 1. The molecular weight excluding hydrogens is 204 g/mol. The molecule has 16 heavy (non-hydrogen) atoms. The van der Waals surface area contributed by atoms with E-state index in [2.05, 4.69) is 5.10 Å². The molecule has 1 unspecified atom stereocenters. The van der Waals surface area contributed by atoms with E-state index in [0.717, 1.165) is 12.2 Å². The van der Waals surface area contributed by atoms with Crippen molar-refractivity contribution in [1.82, 2.24) is 9.78 Å². The van der Waals surface area contributed by atoms with Gasteiger partial charge in [-0.25, -0.2) is 0 Å². The monoisotopic (exact) mass is 224 g/mol. The topological polar surface area (TPSA) is 44.1 Å². The lowest BCUT2D eigenvalue weighted by Gasteiger charge is -2.19. The molecule has 1 heterocycles. The molecule has 0 aliphatic carbocycles. The van der Waals surface area contributed by atoms with Gasteiger partial charge in [-0.15, -0.1) is 0 Å². The van der Waals surface area contributed by atoms with Gasteiger partial charge in [0.25, 0.3) is 0 Å². The quantitative estimate of drug-likeness (QED) is 0.720. The van der Waals surface area contributed by atoms with Gasteiger partial charge in [0.2, 0.25) is 0 Å². The molecule has 90 valence electrons. The molecule has 1 atom stereocenters. The van der Waals surface area contributed by atoms with Gasteiger partial charge in [-0.05, 0) is 25.8 Å². The number of hydrogen-bond donors (Lipinski definition) is 0. The predicted octanol–water partition coefficient (Wildman–Crippen LogP) is 2.21. The molecule has 0 bridgehead atoms. The summed E-state index contributed by atoms with van der Waals surface area (Å²) in [6, 6.07) is 1.89. The summed E-state index contributed by atoms with van der Waals surface area (Å²) in [7, 11) is 0. The van der Waals surface area contributed by atoms with Gasteiger partial charge in [0.1, 0.15) is 5.92 Å². The second kappa shape index (κ2) is 5.68. The smallest absolute Gasteiger partial charge is 0.315 e. The molecule has 0 saturated carbocycles. The predicted molar refractivity (Wildman–Crippen MR) is 62.1 cm³/mol. The average Bonchev–Trinajstić information content (AvgIpc) is 2.66. The maximum absolute atomic E-state index is 11.9. The van der Waals surface area contributed by atoms with Crippen LogP contribution in [0.4, 0.5) is 0 Å². The van der Waals surface area contributed by atoms with Crippen LogP contribution in [0.5, 0.6) is 0 Å². The summed E-state index contributed by atoms with van der Waals surface area (Å²) in [5.41, 5.74) is 0.941. The Labute approximate surface area is 96.6 Å². The summed E-state index contributed by atoms with van der Waals surface area (Å²) in [6.45, 7) is 9.07. The Kier molecular flexibility index (Phi) is 4.52. The third-order valence-corrected chi connectivity index (χ3v) is 2.57. The Balaban J connectivity index is 2.98. The molecule has 0 N–H and O–H groups in total. The lowest BCUT2D eigenvalue weighted by Crippen LogP contribution is -2.23. The number of esters is 1. The summed E-state index contributed by atoms with van der Waals surface area (Å²) >= 11 is 0. The fraction of sp³-hybridized carbons (Fsp3) is 0.667. The normalized spacial score (nSPS) is 12.8. The maximum atomic E-state index is 11.9. The zero-order valence-corrected chi connectivity index (χ0v) is 10.4. The van der Waals surface area contributed by atoms with Crippen LogP contribution in [0, 0.1) is 5.92 Å². The molecule has 0 aliphatic rings. The van der Waals surface area contributed by atoms with E-state index in [-0.39, 0.29) is 17.8 Å². The van der Waals surface area contributed by atoms with Crippen LogP contribution >= 0.6 is 0 Å². The molecule has 0 fully saturated rings. The van der Waals surface area contributed by atoms with Gasteiger partial charge in [-0.1, -0.05) is 13.8 Å². The van der Waals surface area contributed by atoms with Crippen LogP contribution in [0.3, 0.4) is 0 Å². The van der Waals surface area contributed by atoms with E-state index in [0.29, 0.717) is 6.61 Å². The summed E-state index contributed by atoms with van der Waals surface area (Å²) in [6.07, 6.45) is 1.73. The van der Waals surface area contributed by atoms with Crippen LogP contribution in [0.1, 0.15) is 39.3 Å². The molecule has 4 nitrogen and oxygen atoms in total. The molecule has 0 aromatic carbocycles. The van der Waals surface area contributed by atoms with E-state index in [4.69, 9.17) is 4.74 Å². The highest BCUT2D eigenvalue weighted by Gasteiger charge is 2.28. The summed E-state index contributed by atoms with van der Waals surface area (Å²) < 4.78 is 6.96. The van der Waals surface area contributed by atoms with Crippen molar-refractivity contribution in [3.63, 3.8) is 0 Å². The molecule has 1 rings (SSSR count). The SMILES string of the molecule is CCOC(=O)C(c1ccnn1CC)C(C)C. The molecule has 1 aromatic heterocycles. The number of aryl methyl sites for hydroxylation is 1. The molecule has 0 aliphatic heterocycles. The second-order valence-electron chi connectivity index (χ2n) is 4.05. The minimum absolute atomic E-state index is 0.160. The maximum Gasteiger partial charge on any atom is 0.315 e. The summed E-state index contributed by atoms with van der Waals surface area (Å²) in [5.74, 6) is -0.170. The number of carbonyl (C=O) groups is 1. The molecule has 0 saturated heterocycles. The van der Waals surface area contributed by atoms with Gasteiger partial charge in [0.05, 0.1) is 12.3 Å². The Morgan fingerprint density at radius 3 is 2.69 bits per heavy atom. The number of ether oxygens (including phenoxy) is 1. The van der Waals surface area contributed by atoms with Crippen molar-refractivity contribution >= 4 is 5.97 Å². The zero-order valence-electron chi connectivity index (χ0n) is 10.4. The first-order valence-corrected chi connectivity index (χ1v) is 5.80. The van der Waals surface area contributed by atoms with Gasteiger partial charge >= 0.3 is 5.97 Å².